The Morgan fingerprint density at radius 3 is 2.41 bits per heavy atom. The van der Waals surface area contributed by atoms with Crippen molar-refractivity contribution in [2.75, 3.05) is 64.9 Å². The van der Waals surface area contributed by atoms with E-state index in [0.29, 0.717) is 24.6 Å². The Balaban J connectivity index is 1.97. The molecule has 0 atom stereocenters. The molecule has 0 spiro atoms. The maximum absolute atomic E-state index is 11.2. The average Bonchev–Trinajstić information content (AvgIpc) is 2.25. The molecule has 1 aliphatic heterocycles. The molecule has 102 valence electrons. The summed E-state index contributed by atoms with van der Waals surface area (Å²) in [7, 11) is 1.42. The van der Waals surface area contributed by atoms with Gasteiger partial charge in [0.2, 0.25) is 0 Å². The number of rotatable bonds is 7. The lowest BCUT2D eigenvalue weighted by Crippen LogP contribution is -2.43. The molecule has 1 heterocycles. The second-order valence-corrected chi connectivity index (χ2v) is 7.20. The minimum Gasteiger partial charge on any atom is -0.315 e. The molecule has 0 aromatic carbocycles. The summed E-state index contributed by atoms with van der Waals surface area (Å²) in [6, 6.07) is 0. The average molecular weight is 263 g/mol. The molecule has 0 aliphatic carbocycles. The van der Waals surface area contributed by atoms with Crippen molar-refractivity contribution in [1.29, 1.82) is 0 Å². The summed E-state index contributed by atoms with van der Waals surface area (Å²) in [5.74, 6) is 0.654. The molecule has 5 nitrogen and oxygen atoms in total. The third-order valence-corrected chi connectivity index (χ3v) is 4.61. The lowest BCUT2D eigenvalue weighted by Gasteiger charge is -2.26. The standard InChI is InChI=1S/C11H25N3O2S/c1-13(2)6-3-4-12-5-7-14-8-10-17(15,16)11-9-14/h12H,3-11H2,1-2H3. The Labute approximate surface area is 105 Å². The van der Waals surface area contributed by atoms with Gasteiger partial charge in [0, 0.05) is 26.2 Å². The number of sulfone groups is 1. The Kier molecular flexibility index (Phi) is 6.40. The molecule has 1 aliphatic rings. The summed E-state index contributed by atoms with van der Waals surface area (Å²) in [6.45, 7) is 5.44. The molecule has 1 fully saturated rings. The van der Waals surface area contributed by atoms with Crippen LogP contribution < -0.4 is 5.32 Å². The highest BCUT2D eigenvalue weighted by atomic mass is 32.2. The van der Waals surface area contributed by atoms with Crippen LogP contribution in [0.15, 0.2) is 0 Å². The molecule has 0 bridgehead atoms. The van der Waals surface area contributed by atoms with Crippen LogP contribution in [0.4, 0.5) is 0 Å². The van der Waals surface area contributed by atoms with Gasteiger partial charge >= 0.3 is 0 Å². The van der Waals surface area contributed by atoms with E-state index in [1.54, 1.807) is 0 Å². The van der Waals surface area contributed by atoms with Gasteiger partial charge in [0.1, 0.15) is 0 Å². The highest BCUT2D eigenvalue weighted by molar-refractivity contribution is 7.91. The number of nitrogens with zero attached hydrogens (tertiary/aromatic N) is 2. The quantitative estimate of drug-likeness (QED) is 0.613. The Hall–Kier alpha value is -0.170. The van der Waals surface area contributed by atoms with Crippen LogP contribution in [0.25, 0.3) is 0 Å². The van der Waals surface area contributed by atoms with Crippen LogP contribution in [-0.4, -0.2) is 83.1 Å². The first kappa shape index (κ1) is 14.9. The van der Waals surface area contributed by atoms with E-state index in [-0.39, 0.29) is 0 Å². The molecule has 0 unspecified atom stereocenters. The van der Waals surface area contributed by atoms with Gasteiger partial charge < -0.3 is 15.1 Å². The number of hydrogen-bond acceptors (Lipinski definition) is 5. The van der Waals surface area contributed by atoms with E-state index in [4.69, 9.17) is 0 Å². The third-order valence-electron chi connectivity index (χ3n) is 3.00. The second-order valence-electron chi connectivity index (χ2n) is 4.90. The highest BCUT2D eigenvalue weighted by Crippen LogP contribution is 2.02. The maximum atomic E-state index is 11.2. The summed E-state index contributed by atoms with van der Waals surface area (Å²) in [4.78, 5) is 4.40. The zero-order valence-corrected chi connectivity index (χ0v) is 11.8. The fourth-order valence-corrected chi connectivity index (χ4v) is 3.13. The van der Waals surface area contributed by atoms with Crippen molar-refractivity contribution in [2.24, 2.45) is 0 Å². The normalized spacial score (nSPS) is 20.9. The van der Waals surface area contributed by atoms with Crippen molar-refractivity contribution >= 4 is 9.84 Å². The molecule has 0 saturated carbocycles. The van der Waals surface area contributed by atoms with Crippen molar-refractivity contribution in [3.05, 3.63) is 0 Å². The van der Waals surface area contributed by atoms with Crippen LogP contribution in [0.5, 0.6) is 0 Å². The van der Waals surface area contributed by atoms with Crippen molar-refractivity contribution in [3.8, 4) is 0 Å². The van der Waals surface area contributed by atoms with Gasteiger partial charge in [-0.3, -0.25) is 0 Å². The van der Waals surface area contributed by atoms with Gasteiger partial charge in [0.15, 0.2) is 9.84 Å². The van der Waals surface area contributed by atoms with Crippen molar-refractivity contribution < 1.29 is 8.42 Å². The molecule has 1 saturated heterocycles. The first-order chi connectivity index (χ1) is 7.99. The zero-order chi connectivity index (χ0) is 12.7. The second kappa shape index (κ2) is 7.31. The van der Waals surface area contributed by atoms with Crippen molar-refractivity contribution in [2.45, 2.75) is 6.42 Å². The van der Waals surface area contributed by atoms with E-state index in [2.05, 4.69) is 29.2 Å². The van der Waals surface area contributed by atoms with Gasteiger partial charge in [0.25, 0.3) is 0 Å². The number of hydrogen-bond donors (Lipinski definition) is 1. The third kappa shape index (κ3) is 6.98. The van der Waals surface area contributed by atoms with Gasteiger partial charge in [-0.2, -0.15) is 0 Å². The zero-order valence-electron chi connectivity index (χ0n) is 11.0. The molecular weight excluding hydrogens is 238 g/mol. The largest absolute Gasteiger partial charge is 0.315 e. The molecule has 1 N–H and O–H groups in total. The van der Waals surface area contributed by atoms with E-state index >= 15 is 0 Å². The van der Waals surface area contributed by atoms with Gasteiger partial charge in [0.05, 0.1) is 11.5 Å². The Morgan fingerprint density at radius 1 is 1.18 bits per heavy atom. The molecule has 0 amide bonds. The van der Waals surface area contributed by atoms with Crippen LogP contribution >= 0.6 is 0 Å². The van der Waals surface area contributed by atoms with Gasteiger partial charge in [-0.25, -0.2) is 8.42 Å². The van der Waals surface area contributed by atoms with E-state index in [0.717, 1.165) is 32.6 Å². The summed E-state index contributed by atoms with van der Waals surface area (Å²) >= 11 is 0. The first-order valence-corrected chi connectivity index (χ1v) is 8.10. The molecule has 0 radical (unpaired) electrons. The predicted molar refractivity (Wildman–Crippen MR) is 71.1 cm³/mol. The van der Waals surface area contributed by atoms with E-state index < -0.39 is 9.84 Å². The van der Waals surface area contributed by atoms with Crippen LogP contribution in [0.2, 0.25) is 0 Å². The fraction of sp³-hybridized carbons (Fsp3) is 1.00. The van der Waals surface area contributed by atoms with Crippen LogP contribution in [0.1, 0.15) is 6.42 Å². The molecule has 1 rings (SSSR count). The Morgan fingerprint density at radius 2 is 1.82 bits per heavy atom. The fourth-order valence-electron chi connectivity index (χ4n) is 1.86. The molecule has 6 heteroatoms. The van der Waals surface area contributed by atoms with Crippen molar-refractivity contribution in [1.82, 2.24) is 15.1 Å². The molecule has 17 heavy (non-hydrogen) atoms. The minimum atomic E-state index is -2.73. The molecule has 0 aromatic heterocycles. The highest BCUT2D eigenvalue weighted by Gasteiger charge is 2.20. The van der Waals surface area contributed by atoms with E-state index in [1.807, 2.05) is 0 Å². The topological polar surface area (TPSA) is 52.6 Å². The van der Waals surface area contributed by atoms with Gasteiger partial charge in [-0.15, -0.1) is 0 Å². The smallest absolute Gasteiger partial charge is 0.152 e. The Bertz CT molecular complexity index is 290. The minimum absolute atomic E-state index is 0.327. The predicted octanol–water partition coefficient (Wildman–Crippen LogP) is -0.742. The summed E-state index contributed by atoms with van der Waals surface area (Å²) in [6.07, 6.45) is 1.15. The van der Waals surface area contributed by atoms with Gasteiger partial charge in [-0.1, -0.05) is 0 Å². The molecule has 0 aromatic rings. The lowest BCUT2D eigenvalue weighted by atomic mass is 10.4. The summed E-state index contributed by atoms with van der Waals surface area (Å²) < 4.78 is 22.5. The molecular formula is C11H25N3O2S. The van der Waals surface area contributed by atoms with Crippen LogP contribution in [0, 0.1) is 0 Å². The van der Waals surface area contributed by atoms with E-state index in [9.17, 15) is 8.42 Å². The maximum Gasteiger partial charge on any atom is 0.152 e. The lowest BCUT2D eigenvalue weighted by molar-refractivity contribution is 0.293. The monoisotopic (exact) mass is 263 g/mol. The summed E-state index contributed by atoms with van der Waals surface area (Å²) in [5.41, 5.74) is 0. The van der Waals surface area contributed by atoms with Crippen LogP contribution in [0.3, 0.4) is 0 Å². The summed E-state index contributed by atoms with van der Waals surface area (Å²) in [5, 5.41) is 3.39. The van der Waals surface area contributed by atoms with Crippen molar-refractivity contribution in [3.63, 3.8) is 0 Å². The van der Waals surface area contributed by atoms with Gasteiger partial charge in [-0.05, 0) is 33.6 Å². The van der Waals surface area contributed by atoms with E-state index in [1.165, 1.54) is 0 Å². The van der Waals surface area contributed by atoms with Crippen LogP contribution in [-0.2, 0) is 9.84 Å². The number of nitrogens with one attached hydrogen (secondary N) is 1. The SMILES string of the molecule is CN(C)CCCNCCN1CCS(=O)(=O)CC1. The first-order valence-electron chi connectivity index (χ1n) is 6.28.